The Morgan fingerprint density at radius 1 is 1.50 bits per heavy atom. The molecule has 2 aromatic rings. The van der Waals surface area contributed by atoms with E-state index in [1.54, 1.807) is 29.9 Å². The van der Waals surface area contributed by atoms with Crippen LogP contribution in [0, 0.1) is 6.92 Å². The number of carbonyl (C=O) groups is 1. The monoisotopic (exact) mass is 245 g/mol. The van der Waals surface area contributed by atoms with Crippen LogP contribution in [0.5, 0.6) is 0 Å². The van der Waals surface area contributed by atoms with E-state index >= 15 is 0 Å². The van der Waals surface area contributed by atoms with Crippen molar-refractivity contribution in [3.8, 4) is 0 Å². The summed E-state index contributed by atoms with van der Waals surface area (Å²) in [6.07, 6.45) is 3.55. The van der Waals surface area contributed by atoms with Gasteiger partial charge in [0.2, 0.25) is 0 Å². The van der Waals surface area contributed by atoms with Crippen LogP contribution in [0.25, 0.3) is 0 Å². The van der Waals surface area contributed by atoms with Crippen molar-refractivity contribution in [2.75, 3.05) is 12.3 Å². The Hall–Kier alpha value is -2.37. The predicted octanol–water partition coefficient (Wildman–Crippen LogP) is 0.599. The average molecular weight is 245 g/mol. The Balaban J connectivity index is 1.91. The van der Waals surface area contributed by atoms with Crippen molar-refractivity contribution in [2.45, 2.75) is 13.5 Å². The number of nitrogens with two attached hydrogens (primary N) is 1. The van der Waals surface area contributed by atoms with Crippen LogP contribution in [0.3, 0.4) is 0 Å². The summed E-state index contributed by atoms with van der Waals surface area (Å²) in [6, 6.07) is 5.12. The molecule has 0 aliphatic carbocycles. The van der Waals surface area contributed by atoms with Crippen LogP contribution < -0.4 is 11.1 Å². The third-order valence-corrected chi connectivity index (χ3v) is 2.42. The standard InChI is InChI=1S/C12H15N5O/c1-9-7-10(8-11(13)16-9)12(18)14-4-6-17-5-2-3-15-17/h2-3,5,7-8H,4,6H2,1H3,(H2,13,16)(H,14,18). The number of aryl methyl sites for hydroxylation is 1. The number of amides is 1. The van der Waals surface area contributed by atoms with Crippen molar-refractivity contribution in [3.05, 3.63) is 41.9 Å². The predicted molar refractivity (Wildman–Crippen MR) is 67.9 cm³/mol. The zero-order valence-corrected chi connectivity index (χ0v) is 10.1. The lowest BCUT2D eigenvalue weighted by Gasteiger charge is -2.06. The maximum Gasteiger partial charge on any atom is 0.251 e. The molecule has 0 aliphatic rings. The molecule has 0 saturated carbocycles. The zero-order valence-electron chi connectivity index (χ0n) is 10.1. The number of hydrogen-bond acceptors (Lipinski definition) is 4. The van der Waals surface area contributed by atoms with Crippen LogP contribution in [0.15, 0.2) is 30.6 Å². The molecule has 2 aromatic heterocycles. The van der Waals surface area contributed by atoms with Crippen LogP contribution in [-0.4, -0.2) is 27.2 Å². The van der Waals surface area contributed by atoms with E-state index in [1.165, 1.54) is 0 Å². The Morgan fingerprint density at radius 2 is 2.33 bits per heavy atom. The van der Waals surface area contributed by atoms with E-state index in [2.05, 4.69) is 15.4 Å². The largest absolute Gasteiger partial charge is 0.384 e. The van der Waals surface area contributed by atoms with Crippen LogP contribution in [-0.2, 0) is 6.54 Å². The van der Waals surface area contributed by atoms with Crippen molar-refractivity contribution < 1.29 is 4.79 Å². The number of nitrogens with zero attached hydrogens (tertiary/aromatic N) is 3. The number of rotatable bonds is 4. The SMILES string of the molecule is Cc1cc(C(=O)NCCn2cccn2)cc(N)n1. The fourth-order valence-electron chi connectivity index (χ4n) is 1.64. The van der Waals surface area contributed by atoms with Gasteiger partial charge in [-0.2, -0.15) is 5.10 Å². The molecule has 0 atom stereocenters. The lowest BCUT2D eigenvalue weighted by atomic mass is 10.2. The van der Waals surface area contributed by atoms with Gasteiger partial charge in [-0.3, -0.25) is 9.48 Å². The van der Waals surface area contributed by atoms with E-state index in [9.17, 15) is 4.79 Å². The summed E-state index contributed by atoms with van der Waals surface area (Å²) in [5, 5.41) is 6.86. The molecule has 0 saturated heterocycles. The smallest absolute Gasteiger partial charge is 0.251 e. The minimum absolute atomic E-state index is 0.153. The van der Waals surface area contributed by atoms with Gasteiger partial charge in [0.05, 0.1) is 6.54 Å². The van der Waals surface area contributed by atoms with E-state index in [1.807, 2.05) is 12.3 Å². The molecular weight excluding hydrogens is 230 g/mol. The molecule has 1 amide bonds. The molecule has 0 bridgehead atoms. The topological polar surface area (TPSA) is 85.8 Å². The van der Waals surface area contributed by atoms with E-state index in [0.717, 1.165) is 5.69 Å². The van der Waals surface area contributed by atoms with Crippen LogP contribution in [0.4, 0.5) is 5.82 Å². The van der Waals surface area contributed by atoms with Crippen molar-refractivity contribution in [1.29, 1.82) is 0 Å². The van der Waals surface area contributed by atoms with Gasteiger partial charge < -0.3 is 11.1 Å². The highest BCUT2D eigenvalue weighted by molar-refractivity contribution is 5.94. The van der Waals surface area contributed by atoms with E-state index in [-0.39, 0.29) is 5.91 Å². The van der Waals surface area contributed by atoms with Gasteiger partial charge in [0.15, 0.2) is 0 Å². The molecule has 2 rings (SSSR count). The summed E-state index contributed by atoms with van der Waals surface area (Å²) >= 11 is 0. The minimum Gasteiger partial charge on any atom is -0.384 e. The number of carbonyl (C=O) groups excluding carboxylic acids is 1. The van der Waals surface area contributed by atoms with Gasteiger partial charge in [-0.1, -0.05) is 0 Å². The first-order valence-corrected chi connectivity index (χ1v) is 5.65. The fourth-order valence-corrected chi connectivity index (χ4v) is 1.64. The van der Waals surface area contributed by atoms with Crippen LogP contribution in [0.2, 0.25) is 0 Å². The van der Waals surface area contributed by atoms with Gasteiger partial charge in [0.25, 0.3) is 5.91 Å². The number of aromatic nitrogens is 3. The van der Waals surface area contributed by atoms with Crippen molar-refractivity contribution in [2.24, 2.45) is 0 Å². The number of hydrogen-bond donors (Lipinski definition) is 2. The molecule has 0 spiro atoms. The highest BCUT2D eigenvalue weighted by atomic mass is 16.1. The summed E-state index contributed by atoms with van der Waals surface area (Å²) in [7, 11) is 0. The third kappa shape index (κ3) is 3.07. The molecule has 0 aliphatic heterocycles. The number of anilines is 1. The Morgan fingerprint density at radius 3 is 3.00 bits per heavy atom. The maximum atomic E-state index is 11.9. The van der Waals surface area contributed by atoms with Crippen molar-refractivity contribution >= 4 is 11.7 Å². The van der Waals surface area contributed by atoms with Gasteiger partial charge in [-0.15, -0.1) is 0 Å². The summed E-state index contributed by atoms with van der Waals surface area (Å²) in [5.74, 6) is 0.201. The second-order valence-electron chi connectivity index (χ2n) is 3.95. The van der Waals surface area contributed by atoms with Crippen molar-refractivity contribution in [1.82, 2.24) is 20.1 Å². The van der Waals surface area contributed by atoms with Gasteiger partial charge in [0.1, 0.15) is 5.82 Å². The first-order chi connectivity index (χ1) is 8.65. The van der Waals surface area contributed by atoms with E-state index < -0.39 is 0 Å². The summed E-state index contributed by atoms with van der Waals surface area (Å²) < 4.78 is 1.76. The molecule has 0 radical (unpaired) electrons. The number of nitrogens with one attached hydrogen (secondary N) is 1. The molecule has 0 aromatic carbocycles. The summed E-state index contributed by atoms with van der Waals surface area (Å²) in [6.45, 7) is 2.96. The number of nitrogen functional groups attached to an aromatic ring is 1. The molecule has 6 nitrogen and oxygen atoms in total. The van der Waals surface area contributed by atoms with Gasteiger partial charge in [-0.05, 0) is 25.1 Å². The minimum atomic E-state index is -0.153. The lowest BCUT2D eigenvalue weighted by molar-refractivity contribution is 0.0952. The molecule has 3 N–H and O–H groups in total. The Bertz CT molecular complexity index is 515. The molecule has 6 heteroatoms. The quantitative estimate of drug-likeness (QED) is 0.825. The molecule has 94 valence electrons. The average Bonchev–Trinajstić information content (AvgIpc) is 2.80. The molecule has 0 unspecified atom stereocenters. The lowest BCUT2D eigenvalue weighted by Crippen LogP contribution is -2.27. The maximum absolute atomic E-state index is 11.9. The normalized spacial score (nSPS) is 10.3. The Kier molecular flexibility index (Phi) is 3.57. The second-order valence-corrected chi connectivity index (χ2v) is 3.95. The van der Waals surface area contributed by atoms with Crippen LogP contribution >= 0.6 is 0 Å². The van der Waals surface area contributed by atoms with Gasteiger partial charge >= 0.3 is 0 Å². The first kappa shape index (κ1) is 12.1. The Labute approximate surface area is 105 Å². The number of pyridine rings is 1. The van der Waals surface area contributed by atoms with Gasteiger partial charge in [-0.25, -0.2) is 4.98 Å². The van der Waals surface area contributed by atoms with Crippen molar-refractivity contribution in [3.63, 3.8) is 0 Å². The molecule has 0 fully saturated rings. The molecule has 2 heterocycles. The first-order valence-electron chi connectivity index (χ1n) is 5.65. The highest BCUT2D eigenvalue weighted by Crippen LogP contribution is 2.06. The second kappa shape index (κ2) is 5.31. The molecular formula is C12H15N5O. The summed E-state index contributed by atoms with van der Waals surface area (Å²) in [4.78, 5) is 15.9. The fraction of sp³-hybridized carbons (Fsp3) is 0.250. The summed E-state index contributed by atoms with van der Waals surface area (Å²) in [5.41, 5.74) is 6.85. The third-order valence-electron chi connectivity index (χ3n) is 2.42. The highest BCUT2D eigenvalue weighted by Gasteiger charge is 2.06. The molecule has 18 heavy (non-hydrogen) atoms. The zero-order chi connectivity index (χ0) is 13.0. The van der Waals surface area contributed by atoms with E-state index in [0.29, 0.717) is 24.5 Å². The van der Waals surface area contributed by atoms with Gasteiger partial charge in [0, 0.05) is 30.2 Å². The van der Waals surface area contributed by atoms with E-state index in [4.69, 9.17) is 5.73 Å². The van der Waals surface area contributed by atoms with Crippen LogP contribution in [0.1, 0.15) is 16.1 Å².